The van der Waals surface area contributed by atoms with E-state index in [0.717, 1.165) is 30.9 Å². The third-order valence-electron chi connectivity index (χ3n) is 6.00. The molecule has 1 aromatic heterocycles. The number of anilines is 1. The Morgan fingerprint density at radius 3 is 2.73 bits per heavy atom. The van der Waals surface area contributed by atoms with E-state index in [1.165, 1.54) is 24.1 Å². The third-order valence-corrected chi connectivity index (χ3v) is 6.00. The maximum absolute atomic E-state index is 12.8. The predicted octanol–water partition coefficient (Wildman–Crippen LogP) is 4.54. The van der Waals surface area contributed by atoms with Crippen LogP contribution in [0.3, 0.4) is 0 Å². The molecule has 0 saturated heterocycles. The molecule has 1 aliphatic carbocycles. The van der Waals surface area contributed by atoms with Crippen molar-refractivity contribution < 1.29 is 9.21 Å². The van der Waals surface area contributed by atoms with E-state index in [9.17, 15) is 4.79 Å². The van der Waals surface area contributed by atoms with Gasteiger partial charge < -0.3 is 14.6 Å². The van der Waals surface area contributed by atoms with Crippen LogP contribution in [0.1, 0.15) is 61.2 Å². The second-order valence-electron chi connectivity index (χ2n) is 8.00. The molecule has 1 atom stereocenters. The first-order valence-corrected chi connectivity index (χ1v) is 9.83. The van der Waals surface area contributed by atoms with Crippen LogP contribution in [0, 0.1) is 5.92 Å². The van der Waals surface area contributed by atoms with Crippen LogP contribution in [-0.4, -0.2) is 18.0 Å². The zero-order valence-corrected chi connectivity index (χ0v) is 15.7. The number of hydrogen-bond acceptors (Lipinski definition) is 3. The van der Waals surface area contributed by atoms with Gasteiger partial charge in [-0.3, -0.25) is 4.79 Å². The van der Waals surface area contributed by atoms with Crippen LogP contribution in [0.2, 0.25) is 0 Å². The lowest BCUT2D eigenvalue weighted by atomic mass is 9.87. The van der Waals surface area contributed by atoms with Crippen LogP contribution in [0.4, 0.5) is 5.69 Å². The quantitative estimate of drug-likeness (QED) is 0.879. The number of amides is 1. The van der Waals surface area contributed by atoms with Crippen LogP contribution in [0.5, 0.6) is 0 Å². The number of rotatable bonds is 4. The van der Waals surface area contributed by atoms with Gasteiger partial charge in [-0.05, 0) is 62.6 Å². The Morgan fingerprint density at radius 1 is 1.15 bits per heavy atom. The van der Waals surface area contributed by atoms with E-state index in [-0.39, 0.29) is 5.91 Å². The summed E-state index contributed by atoms with van der Waals surface area (Å²) in [5, 5.41) is 3.22. The van der Waals surface area contributed by atoms with E-state index < -0.39 is 0 Å². The highest BCUT2D eigenvalue weighted by molar-refractivity contribution is 5.95. The molecule has 26 heavy (non-hydrogen) atoms. The number of carbonyl (C=O) groups is 1. The van der Waals surface area contributed by atoms with Gasteiger partial charge in [-0.2, -0.15) is 0 Å². The van der Waals surface area contributed by atoms with Crippen molar-refractivity contribution in [2.75, 3.05) is 4.90 Å². The molecule has 2 aromatic rings. The molecule has 1 amide bonds. The van der Waals surface area contributed by atoms with Gasteiger partial charge in [0.25, 0.3) is 5.91 Å². The molecule has 1 fully saturated rings. The first-order valence-electron chi connectivity index (χ1n) is 9.83. The molecule has 0 radical (unpaired) electrons. The summed E-state index contributed by atoms with van der Waals surface area (Å²) in [6, 6.07) is 11.0. The molecule has 2 heterocycles. The van der Waals surface area contributed by atoms with Crippen LogP contribution in [-0.2, 0) is 13.0 Å². The van der Waals surface area contributed by atoms with Crippen LogP contribution in [0.25, 0.3) is 0 Å². The van der Waals surface area contributed by atoms with Gasteiger partial charge in [-0.1, -0.05) is 25.1 Å². The maximum Gasteiger partial charge on any atom is 0.255 e. The van der Waals surface area contributed by atoms with E-state index in [4.69, 9.17) is 4.42 Å². The number of hydrogen-bond donors (Lipinski definition) is 1. The van der Waals surface area contributed by atoms with E-state index in [1.54, 1.807) is 6.26 Å². The number of para-hydroxylation sites is 1. The summed E-state index contributed by atoms with van der Waals surface area (Å²) in [6.07, 6.45) is 7.24. The summed E-state index contributed by atoms with van der Waals surface area (Å²) in [5.41, 5.74) is 3.30. The highest BCUT2D eigenvalue weighted by Gasteiger charge is 2.28. The van der Waals surface area contributed by atoms with Gasteiger partial charge in [0.05, 0.1) is 18.4 Å². The Balaban J connectivity index is 1.46. The molecule has 4 nitrogen and oxygen atoms in total. The highest BCUT2D eigenvalue weighted by Crippen LogP contribution is 2.33. The molecule has 4 rings (SSSR count). The van der Waals surface area contributed by atoms with Gasteiger partial charge in [-0.25, -0.2) is 0 Å². The average molecular weight is 352 g/mol. The summed E-state index contributed by atoms with van der Waals surface area (Å²) < 4.78 is 5.71. The second-order valence-corrected chi connectivity index (χ2v) is 8.00. The fraction of sp³-hybridized carbons (Fsp3) is 0.500. The van der Waals surface area contributed by atoms with E-state index >= 15 is 0 Å². The second kappa shape index (κ2) is 7.18. The molecule has 1 unspecified atom stereocenters. The number of nitrogens with one attached hydrogen (secondary N) is 1. The van der Waals surface area contributed by atoms with Gasteiger partial charge in [0.1, 0.15) is 5.76 Å². The Labute approximate surface area is 155 Å². The molecule has 0 bridgehead atoms. The lowest BCUT2D eigenvalue weighted by Gasteiger charge is -2.27. The van der Waals surface area contributed by atoms with Crippen LogP contribution in [0.15, 0.2) is 41.0 Å². The lowest BCUT2D eigenvalue weighted by molar-refractivity contribution is 0.0921. The van der Waals surface area contributed by atoms with E-state index in [1.807, 2.05) is 6.07 Å². The van der Waals surface area contributed by atoms with Gasteiger partial charge in [-0.15, -0.1) is 0 Å². The number of nitrogens with zero attached hydrogens (tertiary/aromatic N) is 1. The standard InChI is InChI=1S/C22H28N2O2/c1-15-7-9-18(10-8-15)23-22(25)19-11-12-26-21(19)14-24-16(2)13-17-5-3-4-6-20(17)24/h3-6,11-12,15-16,18H,7-10,13-14H2,1-2H3,(H,23,25). The summed E-state index contributed by atoms with van der Waals surface area (Å²) in [5.74, 6) is 1.55. The van der Waals surface area contributed by atoms with Crippen molar-refractivity contribution in [2.45, 2.75) is 64.6 Å². The normalized spacial score (nSPS) is 25.2. The van der Waals surface area contributed by atoms with Crippen molar-refractivity contribution in [3.8, 4) is 0 Å². The molecule has 2 aliphatic rings. The SMILES string of the molecule is CC1CCC(NC(=O)c2ccoc2CN2c3ccccc3CC2C)CC1. The largest absolute Gasteiger partial charge is 0.467 e. The van der Waals surface area contributed by atoms with Gasteiger partial charge >= 0.3 is 0 Å². The molecule has 1 N–H and O–H groups in total. The Kier molecular flexibility index (Phi) is 4.75. The number of benzene rings is 1. The Bertz CT molecular complexity index is 774. The monoisotopic (exact) mass is 352 g/mol. The van der Waals surface area contributed by atoms with Crippen molar-refractivity contribution in [1.82, 2.24) is 5.32 Å². The summed E-state index contributed by atoms with van der Waals surface area (Å²) in [7, 11) is 0. The molecule has 1 aliphatic heterocycles. The fourth-order valence-corrected chi connectivity index (χ4v) is 4.36. The first-order chi connectivity index (χ1) is 12.6. The topological polar surface area (TPSA) is 45.5 Å². The summed E-state index contributed by atoms with van der Waals surface area (Å²) >= 11 is 0. The number of fused-ring (bicyclic) bond motifs is 1. The summed E-state index contributed by atoms with van der Waals surface area (Å²) in [4.78, 5) is 15.1. The zero-order valence-electron chi connectivity index (χ0n) is 15.7. The molecular weight excluding hydrogens is 324 g/mol. The van der Waals surface area contributed by atoms with Crippen molar-refractivity contribution >= 4 is 11.6 Å². The highest BCUT2D eigenvalue weighted by atomic mass is 16.3. The van der Waals surface area contributed by atoms with Gasteiger partial charge in [0.2, 0.25) is 0 Å². The molecule has 4 heteroatoms. The molecular formula is C22H28N2O2. The van der Waals surface area contributed by atoms with Crippen LogP contribution < -0.4 is 10.2 Å². The van der Waals surface area contributed by atoms with Gasteiger partial charge in [0, 0.05) is 17.8 Å². The minimum atomic E-state index is 0.00781. The van der Waals surface area contributed by atoms with Crippen molar-refractivity contribution in [1.29, 1.82) is 0 Å². The van der Waals surface area contributed by atoms with Gasteiger partial charge in [0.15, 0.2) is 0 Å². The Hall–Kier alpha value is -2.23. The minimum absolute atomic E-state index is 0.00781. The van der Waals surface area contributed by atoms with E-state index in [0.29, 0.717) is 24.2 Å². The first kappa shape index (κ1) is 17.2. The molecule has 1 saturated carbocycles. The van der Waals surface area contributed by atoms with Crippen molar-refractivity contribution in [3.63, 3.8) is 0 Å². The number of furan rings is 1. The Morgan fingerprint density at radius 2 is 1.92 bits per heavy atom. The lowest BCUT2D eigenvalue weighted by Crippen LogP contribution is -2.38. The van der Waals surface area contributed by atoms with Crippen LogP contribution >= 0.6 is 0 Å². The smallest absolute Gasteiger partial charge is 0.255 e. The molecule has 1 aromatic carbocycles. The summed E-state index contributed by atoms with van der Waals surface area (Å²) in [6.45, 7) is 5.16. The maximum atomic E-state index is 12.8. The fourth-order valence-electron chi connectivity index (χ4n) is 4.36. The predicted molar refractivity (Wildman–Crippen MR) is 103 cm³/mol. The molecule has 0 spiro atoms. The zero-order chi connectivity index (χ0) is 18.1. The minimum Gasteiger partial charge on any atom is -0.467 e. The average Bonchev–Trinajstić information content (AvgIpc) is 3.22. The number of carbonyl (C=O) groups excluding carboxylic acids is 1. The van der Waals surface area contributed by atoms with Crippen molar-refractivity contribution in [2.24, 2.45) is 5.92 Å². The van der Waals surface area contributed by atoms with E-state index in [2.05, 4.69) is 48.3 Å². The van der Waals surface area contributed by atoms with Crippen molar-refractivity contribution in [3.05, 3.63) is 53.5 Å². The third kappa shape index (κ3) is 3.37. The molecule has 138 valence electrons.